The smallest absolute Gasteiger partial charge is 0.124 e. The van der Waals surface area contributed by atoms with E-state index in [9.17, 15) is 0 Å². The summed E-state index contributed by atoms with van der Waals surface area (Å²) in [4.78, 5) is 0. The lowest BCUT2D eigenvalue weighted by Gasteiger charge is -2.14. The second-order valence-corrected chi connectivity index (χ2v) is 8.55. The molecular formula is C26H47NO. The van der Waals surface area contributed by atoms with Gasteiger partial charge in [-0.25, -0.2) is 0 Å². The van der Waals surface area contributed by atoms with Gasteiger partial charge in [-0.1, -0.05) is 109 Å². The molecule has 0 aliphatic heterocycles. The lowest BCUT2D eigenvalue weighted by Crippen LogP contribution is -2.16. The van der Waals surface area contributed by atoms with E-state index in [-0.39, 0.29) is 6.10 Å². The molecule has 1 aromatic carbocycles. The summed E-state index contributed by atoms with van der Waals surface area (Å²) >= 11 is 0. The van der Waals surface area contributed by atoms with Crippen LogP contribution in [0, 0.1) is 0 Å². The van der Waals surface area contributed by atoms with Crippen molar-refractivity contribution in [1.82, 2.24) is 5.32 Å². The highest BCUT2D eigenvalue weighted by Crippen LogP contribution is 2.19. The average molecular weight is 390 g/mol. The molecular weight excluding hydrogens is 342 g/mol. The first kappa shape index (κ1) is 25.0. The molecule has 0 saturated heterocycles. The molecule has 0 spiro atoms. The lowest BCUT2D eigenvalue weighted by molar-refractivity contribution is 0.239. The molecule has 0 radical (unpaired) electrons. The van der Waals surface area contributed by atoms with Gasteiger partial charge in [-0.3, -0.25) is 0 Å². The number of hydrogen-bond donors (Lipinski definition) is 1. The zero-order chi connectivity index (χ0) is 20.3. The molecule has 2 heteroatoms. The molecule has 0 unspecified atom stereocenters. The number of para-hydroxylation sites is 1. The van der Waals surface area contributed by atoms with Crippen LogP contribution in [0.25, 0.3) is 0 Å². The van der Waals surface area contributed by atoms with E-state index < -0.39 is 0 Å². The van der Waals surface area contributed by atoms with E-state index in [0.29, 0.717) is 0 Å². The molecule has 0 aliphatic rings. The van der Waals surface area contributed by atoms with E-state index in [1.165, 1.54) is 95.5 Å². The van der Waals surface area contributed by atoms with Gasteiger partial charge in [0.25, 0.3) is 0 Å². The lowest BCUT2D eigenvalue weighted by atomic mass is 10.0. The Balaban J connectivity index is 1.87. The van der Waals surface area contributed by atoms with Gasteiger partial charge in [0.2, 0.25) is 0 Å². The first-order valence-electron chi connectivity index (χ1n) is 12.2. The zero-order valence-corrected chi connectivity index (χ0v) is 19.1. The van der Waals surface area contributed by atoms with E-state index in [1.54, 1.807) is 0 Å². The van der Waals surface area contributed by atoms with Crippen molar-refractivity contribution in [1.29, 1.82) is 0 Å². The summed E-state index contributed by atoms with van der Waals surface area (Å²) in [7, 11) is 0. The second-order valence-electron chi connectivity index (χ2n) is 8.55. The van der Waals surface area contributed by atoms with E-state index in [4.69, 9.17) is 4.74 Å². The average Bonchev–Trinajstić information content (AvgIpc) is 2.68. The summed E-state index contributed by atoms with van der Waals surface area (Å²) in [6.45, 7) is 8.47. The Labute approximate surface area is 175 Å². The minimum Gasteiger partial charge on any atom is -0.491 e. The summed E-state index contributed by atoms with van der Waals surface area (Å²) in [6, 6.07) is 8.38. The van der Waals surface area contributed by atoms with E-state index in [0.717, 1.165) is 18.8 Å². The van der Waals surface area contributed by atoms with Crippen LogP contribution in [-0.4, -0.2) is 12.6 Å². The van der Waals surface area contributed by atoms with Crippen LogP contribution < -0.4 is 10.1 Å². The fraction of sp³-hybridized carbons (Fsp3) is 0.769. The van der Waals surface area contributed by atoms with Crippen LogP contribution in [0.2, 0.25) is 0 Å². The van der Waals surface area contributed by atoms with Crippen molar-refractivity contribution < 1.29 is 4.74 Å². The fourth-order valence-corrected chi connectivity index (χ4v) is 3.69. The molecule has 0 aliphatic carbocycles. The van der Waals surface area contributed by atoms with E-state index in [2.05, 4.69) is 50.4 Å². The van der Waals surface area contributed by atoms with Crippen molar-refractivity contribution in [3.05, 3.63) is 29.8 Å². The predicted octanol–water partition coefficient (Wildman–Crippen LogP) is 8.04. The van der Waals surface area contributed by atoms with Gasteiger partial charge < -0.3 is 10.1 Å². The Morgan fingerprint density at radius 2 is 1.21 bits per heavy atom. The third kappa shape index (κ3) is 14.0. The summed E-state index contributed by atoms with van der Waals surface area (Å²) in [6.07, 6.45) is 20.1. The van der Waals surface area contributed by atoms with Crippen molar-refractivity contribution in [2.75, 3.05) is 6.54 Å². The van der Waals surface area contributed by atoms with Crippen molar-refractivity contribution in [2.45, 2.75) is 123 Å². The quantitative estimate of drug-likeness (QED) is 0.242. The maximum absolute atomic E-state index is 5.88. The number of rotatable bonds is 19. The van der Waals surface area contributed by atoms with Crippen molar-refractivity contribution in [3.8, 4) is 5.75 Å². The van der Waals surface area contributed by atoms with Gasteiger partial charge in [0.05, 0.1) is 6.10 Å². The largest absolute Gasteiger partial charge is 0.491 e. The van der Waals surface area contributed by atoms with Gasteiger partial charge in [0.15, 0.2) is 0 Å². The summed E-state index contributed by atoms with van der Waals surface area (Å²) < 4.78 is 5.88. The SMILES string of the molecule is CCCCCCCCCCCCCCCCNCc1ccccc1OC(C)C. The van der Waals surface area contributed by atoms with Crippen LogP contribution in [0.15, 0.2) is 24.3 Å². The maximum Gasteiger partial charge on any atom is 0.124 e. The number of unbranched alkanes of at least 4 members (excludes halogenated alkanes) is 13. The van der Waals surface area contributed by atoms with Gasteiger partial charge >= 0.3 is 0 Å². The van der Waals surface area contributed by atoms with E-state index in [1.807, 2.05) is 0 Å². The van der Waals surface area contributed by atoms with Crippen molar-refractivity contribution in [3.63, 3.8) is 0 Å². The molecule has 0 saturated carbocycles. The molecule has 0 bridgehead atoms. The number of ether oxygens (including phenoxy) is 1. The Morgan fingerprint density at radius 1 is 0.714 bits per heavy atom. The molecule has 0 atom stereocenters. The predicted molar refractivity (Wildman–Crippen MR) is 124 cm³/mol. The molecule has 2 nitrogen and oxygen atoms in total. The molecule has 1 N–H and O–H groups in total. The van der Waals surface area contributed by atoms with Crippen molar-refractivity contribution in [2.24, 2.45) is 0 Å². The van der Waals surface area contributed by atoms with Crippen LogP contribution in [0.3, 0.4) is 0 Å². The molecule has 1 rings (SSSR count). The van der Waals surface area contributed by atoms with Crippen LogP contribution in [0.1, 0.15) is 116 Å². The Bertz CT molecular complexity index is 458. The Morgan fingerprint density at radius 3 is 1.75 bits per heavy atom. The van der Waals surface area contributed by atoms with Crippen LogP contribution >= 0.6 is 0 Å². The number of nitrogens with one attached hydrogen (secondary N) is 1. The molecule has 0 fully saturated rings. The number of benzene rings is 1. The first-order chi connectivity index (χ1) is 13.7. The third-order valence-electron chi connectivity index (χ3n) is 5.36. The van der Waals surface area contributed by atoms with Gasteiger partial charge in [-0.2, -0.15) is 0 Å². The molecule has 162 valence electrons. The van der Waals surface area contributed by atoms with Crippen LogP contribution in [0.5, 0.6) is 5.75 Å². The van der Waals surface area contributed by atoms with Crippen LogP contribution in [-0.2, 0) is 6.54 Å². The fourth-order valence-electron chi connectivity index (χ4n) is 3.69. The second kappa shape index (κ2) is 18.0. The summed E-state index contributed by atoms with van der Waals surface area (Å²) in [5.41, 5.74) is 1.27. The molecule has 1 aromatic rings. The third-order valence-corrected chi connectivity index (χ3v) is 5.36. The normalized spacial score (nSPS) is 11.3. The highest BCUT2D eigenvalue weighted by atomic mass is 16.5. The van der Waals surface area contributed by atoms with Gasteiger partial charge in [0, 0.05) is 12.1 Å². The summed E-state index contributed by atoms with van der Waals surface area (Å²) in [5.74, 6) is 1.02. The van der Waals surface area contributed by atoms with Gasteiger partial charge in [-0.05, 0) is 32.9 Å². The monoisotopic (exact) mass is 389 g/mol. The number of hydrogen-bond acceptors (Lipinski definition) is 2. The topological polar surface area (TPSA) is 21.3 Å². The highest BCUT2D eigenvalue weighted by Gasteiger charge is 2.04. The molecule has 0 amide bonds. The summed E-state index contributed by atoms with van der Waals surface area (Å²) in [5, 5.41) is 3.58. The minimum absolute atomic E-state index is 0.229. The first-order valence-corrected chi connectivity index (χ1v) is 12.2. The molecule has 0 aromatic heterocycles. The zero-order valence-electron chi connectivity index (χ0n) is 19.1. The Hall–Kier alpha value is -1.02. The molecule has 0 heterocycles. The minimum atomic E-state index is 0.229. The van der Waals surface area contributed by atoms with Crippen molar-refractivity contribution >= 4 is 0 Å². The van der Waals surface area contributed by atoms with E-state index >= 15 is 0 Å². The maximum atomic E-state index is 5.88. The molecule has 28 heavy (non-hydrogen) atoms. The van der Waals surface area contributed by atoms with Gasteiger partial charge in [-0.15, -0.1) is 0 Å². The van der Waals surface area contributed by atoms with Gasteiger partial charge in [0.1, 0.15) is 5.75 Å². The highest BCUT2D eigenvalue weighted by molar-refractivity contribution is 5.33. The standard InChI is InChI=1S/C26H47NO/c1-4-5-6-7-8-9-10-11-12-13-14-15-16-19-22-27-23-25-20-17-18-21-26(25)28-24(2)3/h17-18,20-21,24,27H,4-16,19,22-23H2,1-3H3. The van der Waals surface area contributed by atoms with Crippen LogP contribution in [0.4, 0.5) is 0 Å². The Kier molecular flexibility index (Phi) is 16.1.